The van der Waals surface area contributed by atoms with Crippen LogP contribution in [0.5, 0.6) is 0 Å². The van der Waals surface area contributed by atoms with Crippen LogP contribution in [0.2, 0.25) is 0 Å². The predicted molar refractivity (Wildman–Crippen MR) is 164 cm³/mol. The summed E-state index contributed by atoms with van der Waals surface area (Å²) in [5.74, 6) is 0. The van der Waals surface area contributed by atoms with Gasteiger partial charge >= 0.3 is 0 Å². The van der Waals surface area contributed by atoms with Gasteiger partial charge in [0.2, 0.25) is 0 Å². The number of imidazole rings is 1. The normalized spacial score (nSPS) is 12.4. The van der Waals surface area contributed by atoms with E-state index in [4.69, 9.17) is 4.98 Å². The van der Waals surface area contributed by atoms with Crippen LogP contribution in [0.3, 0.4) is 0 Å². The molecule has 0 fully saturated rings. The Morgan fingerprint density at radius 1 is 0.694 bits per heavy atom. The largest absolute Gasteiger partial charge is 0.389 e. The Morgan fingerprint density at radius 2 is 1.25 bits per heavy atom. The number of hydrogen-bond acceptors (Lipinski definition) is 2. The van der Waals surface area contributed by atoms with E-state index in [-0.39, 0.29) is 0 Å². The van der Waals surface area contributed by atoms with Crippen molar-refractivity contribution in [3.05, 3.63) is 111 Å². The van der Waals surface area contributed by atoms with Crippen molar-refractivity contribution in [2.24, 2.45) is 0 Å². The summed E-state index contributed by atoms with van der Waals surface area (Å²) < 4.78 is 6.75. The average molecular weight is 695 g/mol. The minimum Gasteiger partial charge on any atom is -0.389 e. The van der Waals surface area contributed by atoms with Crippen LogP contribution in [0, 0.1) is 7.14 Å². The van der Waals surface area contributed by atoms with Gasteiger partial charge in [-0.2, -0.15) is 0 Å². The van der Waals surface area contributed by atoms with E-state index in [1.807, 2.05) is 42.7 Å². The molecule has 0 amide bonds. The molecule has 4 aromatic carbocycles. The quantitative estimate of drug-likeness (QED) is 0.183. The van der Waals surface area contributed by atoms with E-state index in [0.29, 0.717) is 13.1 Å². The molecule has 2 aromatic heterocycles. The maximum atomic E-state index is 11.4. The van der Waals surface area contributed by atoms with Gasteiger partial charge in [0.1, 0.15) is 0 Å². The summed E-state index contributed by atoms with van der Waals surface area (Å²) in [6, 6.07) is 33.6. The molecular weight excluding hydrogens is 672 g/mol. The lowest BCUT2D eigenvalue weighted by Crippen LogP contribution is -2.22. The molecule has 6 aromatic rings. The van der Waals surface area contributed by atoms with E-state index in [9.17, 15) is 5.11 Å². The van der Waals surface area contributed by atoms with Crippen LogP contribution in [0.4, 0.5) is 0 Å². The second kappa shape index (κ2) is 9.99. The van der Waals surface area contributed by atoms with Crippen LogP contribution in [-0.2, 0) is 13.1 Å². The van der Waals surface area contributed by atoms with Crippen molar-refractivity contribution in [3.63, 3.8) is 0 Å². The number of halogens is 2. The summed E-state index contributed by atoms with van der Waals surface area (Å²) in [5.41, 5.74) is 6.39. The third kappa shape index (κ3) is 4.46. The number of nitrogens with zero attached hydrogens (tertiary/aromatic N) is 3. The Kier molecular flexibility index (Phi) is 6.57. The molecule has 2 heterocycles. The van der Waals surface area contributed by atoms with Gasteiger partial charge in [0.25, 0.3) is 0 Å². The Bertz CT molecular complexity index is 1610. The van der Waals surface area contributed by atoms with Crippen molar-refractivity contribution in [2.75, 3.05) is 0 Å². The number of rotatable bonds is 6. The van der Waals surface area contributed by atoms with E-state index < -0.39 is 6.10 Å². The number of benzene rings is 4. The first-order chi connectivity index (χ1) is 17.6. The molecule has 0 aliphatic heterocycles. The fourth-order valence-electron chi connectivity index (χ4n) is 4.97. The Balaban J connectivity index is 1.39. The first-order valence-electron chi connectivity index (χ1n) is 11.8. The number of aliphatic hydroxyl groups excluding tert-OH is 1. The third-order valence-electron chi connectivity index (χ3n) is 6.52. The zero-order valence-electron chi connectivity index (χ0n) is 19.4. The fourth-order valence-corrected chi connectivity index (χ4v) is 5.95. The summed E-state index contributed by atoms with van der Waals surface area (Å²) in [5, 5.41) is 13.8. The molecule has 0 saturated carbocycles. The zero-order valence-corrected chi connectivity index (χ0v) is 23.7. The van der Waals surface area contributed by atoms with Gasteiger partial charge < -0.3 is 14.2 Å². The zero-order chi connectivity index (χ0) is 24.6. The first-order valence-corrected chi connectivity index (χ1v) is 14.0. The molecule has 6 rings (SSSR count). The summed E-state index contributed by atoms with van der Waals surface area (Å²) in [6.07, 6.45) is 1.26. The van der Waals surface area contributed by atoms with Gasteiger partial charge in [-0.1, -0.05) is 60.7 Å². The molecule has 0 aliphatic rings. The highest BCUT2D eigenvalue weighted by atomic mass is 127. The van der Waals surface area contributed by atoms with Crippen LogP contribution in [0.1, 0.15) is 0 Å². The van der Waals surface area contributed by atoms with Crippen molar-refractivity contribution >= 4 is 67.0 Å². The molecule has 1 unspecified atom stereocenters. The Morgan fingerprint density at radius 3 is 1.83 bits per heavy atom. The highest BCUT2D eigenvalue weighted by Crippen LogP contribution is 2.33. The monoisotopic (exact) mass is 695 g/mol. The lowest BCUT2D eigenvalue weighted by atomic mass is 10.0. The summed E-state index contributed by atoms with van der Waals surface area (Å²) >= 11 is 4.73. The molecule has 0 radical (unpaired) electrons. The van der Waals surface area contributed by atoms with Crippen LogP contribution >= 0.6 is 45.2 Å². The lowest BCUT2D eigenvalue weighted by Gasteiger charge is -2.17. The smallest absolute Gasteiger partial charge is 0.0963 e. The van der Waals surface area contributed by atoms with Crippen molar-refractivity contribution in [1.29, 1.82) is 0 Å². The van der Waals surface area contributed by atoms with Gasteiger partial charge in [-0.05, 0) is 81.6 Å². The van der Waals surface area contributed by atoms with Gasteiger partial charge in [-0.15, -0.1) is 0 Å². The van der Waals surface area contributed by atoms with Crippen molar-refractivity contribution in [3.8, 4) is 22.5 Å². The van der Waals surface area contributed by atoms with Gasteiger partial charge in [0.05, 0.1) is 36.9 Å². The molecule has 0 spiro atoms. The van der Waals surface area contributed by atoms with Crippen molar-refractivity contribution in [1.82, 2.24) is 14.1 Å². The SMILES string of the molecule is OC(Cn1cnc(-c2ccccc2)c1-c1ccccc1)Cn1c2ccc(I)cc2c2cc(I)ccc21. The number of hydrogen-bond donors (Lipinski definition) is 1. The lowest BCUT2D eigenvalue weighted by molar-refractivity contribution is 0.137. The van der Waals surface area contributed by atoms with Crippen LogP contribution < -0.4 is 0 Å². The fraction of sp³-hybridized carbons (Fsp3) is 0.100. The standard InChI is InChI=1S/C30H23I2N3O/c31-22-11-13-27-25(15-22)26-16-23(32)12-14-28(26)35(27)18-24(36)17-34-19-33-29(20-7-3-1-4-8-20)30(34)21-9-5-2-6-10-21/h1-16,19,24,36H,17-18H2. The highest BCUT2D eigenvalue weighted by Gasteiger charge is 2.19. The van der Waals surface area contributed by atoms with E-state index in [2.05, 4.69) is 115 Å². The number of aliphatic hydroxyl groups is 1. The average Bonchev–Trinajstić information content (AvgIpc) is 3.44. The van der Waals surface area contributed by atoms with E-state index in [1.54, 1.807) is 0 Å². The maximum Gasteiger partial charge on any atom is 0.0963 e. The minimum absolute atomic E-state index is 0.444. The number of fused-ring (bicyclic) bond motifs is 3. The molecule has 178 valence electrons. The molecule has 1 atom stereocenters. The van der Waals surface area contributed by atoms with E-state index in [1.165, 1.54) is 17.9 Å². The van der Waals surface area contributed by atoms with Crippen LogP contribution in [0.15, 0.2) is 103 Å². The van der Waals surface area contributed by atoms with Crippen molar-refractivity contribution in [2.45, 2.75) is 19.2 Å². The molecule has 0 saturated heterocycles. The van der Waals surface area contributed by atoms with E-state index in [0.717, 1.165) is 33.5 Å². The van der Waals surface area contributed by atoms with Crippen molar-refractivity contribution < 1.29 is 5.11 Å². The predicted octanol–water partition coefficient (Wildman–Crippen LogP) is 7.60. The molecule has 36 heavy (non-hydrogen) atoms. The topological polar surface area (TPSA) is 43.0 Å². The molecular formula is C30H23I2N3O. The van der Waals surface area contributed by atoms with E-state index >= 15 is 0 Å². The molecule has 0 aliphatic carbocycles. The van der Waals surface area contributed by atoms with Gasteiger partial charge in [0, 0.05) is 40.1 Å². The Hall–Kier alpha value is -2.69. The summed E-state index contributed by atoms with van der Waals surface area (Å²) in [6.45, 7) is 0.939. The third-order valence-corrected chi connectivity index (χ3v) is 7.86. The van der Waals surface area contributed by atoms with Crippen LogP contribution in [0.25, 0.3) is 44.3 Å². The summed E-state index contributed by atoms with van der Waals surface area (Å²) in [4.78, 5) is 4.78. The second-order valence-electron chi connectivity index (χ2n) is 8.91. The maximum absolute atomic E-state index is 11.4. The van der Waals surface area contributed by atoms with Gasteiger partial charge in [0.15, 0.2) is 0 Å². The molecule has 0 bridgehead atoms. The second-order valence-corrected chi connectivity index (χ2v) is 11.4. The summed E-state index contributed by atoms with van der Waals surface area (Å²) in [7, 11) is 0. The Labute approximate surface area is 236 Å². The molecule has 1 N–H and O–H groups in total. The number of aromatic nitrogens is 3. The minimum atomic E-state index is -0.595. The van der Waals surface area contributed by atoms with Gasteiger partial charge in [-0.3, -0.25) is 0 Å². The highest BCUT2D eigenvalue weighted by molar-refractivity contribution is 14.1. The van der Waals surface area contributed by atoms with Crippen LogP contribution in [-0.4, -0.2) is 25.3 Å². The first kappa shape index (κ1) is 23.7. The molecule has 4 nitrogen and oxygen atoms in total. The molecule has 6 heteroatoms. The van der Waals surface area contributed by atoms with Gasteiger partial charge in [-0.25, -0.2) is 4.98 Å².